The van der Waals surface area contributed by atoms with Gasteiger partial charge in [0.2, 0.25) is 5.91 Å². The number of likely N-dealkylation sites (N-methyl/N-ethyl adjacent to an activating group) is 1. The van der Waals surface area contributed by atoms with Crippen molar-refractivity contribution in [3.63, 3.8) is 0 Å². The smallest absolute Gasteiger partial charge is 0.245 e. The molecular formula is C14H21N3O. The maximum absolute atomic E-state index is 12.5. The van der Waals surface area contributed by atoms with E-state index in [4.69, 9.17) is 0 Å². The van der Waals surface area contributed by atoms with Gasteiger partial charge in [0.05, 0.1) is 6.04 Å². The van der Waals surface area contributed by atoms with Crippen LogP contribution in [0.1, 0.15) is 26.7 Å². The monoisotopic (exact) mass is 247 g/mol. The lowest BCUT2D eigenvalue weighted by Gasteiger charge is -2.39. The molecule has 1 aliphatic heterocycles. The third kappa shape index (κ3) is 2.53. The van der Waals surface area contributed by atoms with Gasteiger partial charge in [0.25, 0.3) is 0 Å². The molecule has 4 nitrogen and oxygen atoms in total. The number of carbonyl (C=O) groups is 1. The number of anilines is 1. The van der Waals surface area contributed by atoms with Crippen molar-refractivity contribution in [3.05, 3.63) is 24.4 Å². The van der Waals surface area contributed by atoms with E-state index in [0.29, 0.717) is 5.82 Å². The number of nitrogens with one attached hydrogen (secondary N) is 1. The Morgan fingerprint density at radius 2 is 2.28 bits per heavy atom. The van der Waals surface area contributed by atoms with Gasteiger partial charge < -0.3 is 5.32 Å². The Morgan fingerprint density at radius 1 is 1.50 bits per heavy atom. The third-order valence-corrected chi connectivity index (χ3v) is 3.70. The fourth-order valence-corrected chi connectivity index (χ4v) is 2.49. The van der Waals surface area contributed by atoms with Crippen LogP contribution in [0.2, 0.25) is 0 Å². The number of hydrogen-bond donors (Lipinski definition) is 1. The minimum absolute atomic E-state index is 0.00161. The molecule has 2 rings (SSSR count). The van der Waals surface area contributed by atoms with Crippen LogP contribution in [0.25, 0.3) is 0 Å². The summed E-state index contributed by atoms with van der Waals surface area (Å²) in [7, 11) is 1.79. The van der Waals surface area contributed by atoms with Crippen LogP contribution >= 0.6 is 0 Å². The van der Waals surface area contributed by atoms with Crippen LogP contribution in [0.3, 0.4) is 0 Å². The fraction of sp³-hybridized carbons (Fsp3) is 0.571. The zero-order valence-electron chi connectivity index (χ0n) is 11.3. The standard InChI is InChI=1S/C14H21N3O/c1-14(2)8-6-10-16-12(14)13(18)17(3)11-7-4-5-9-15-11/h4-5,7,9,12,16H,6,8,10H2,1-3H3. The molecule has 2 heterocycles. The zero-order valence-corrected chi connectivity index (χ0v) is 11.3. The van der Waals surface area contributed by atoms with Crippen LogP contribution in [-0.4, -0.2) is 30.5 Å². The number of hydrogen-bond acceptors (Lipinski definition) is 3. The highest BCUT2D eigenvalue weighted by Crippen LogP contribution is 2.31. The summed E-state index contributed by atoms with van der Waals surface area (Å²) in [5.41, 5.74) is -0.00161. The van der Waals surface area contributed by atoms with Gasteiger partial charge in [0.1, 0.15) is 5.82 Å². The lowest BCUT2D eigenvalue weighted by atomic mass is 9.77. The second-order valence-corrected chi connectivity index (χ2v) is 5.56. The molecule has 0 bridgehead atoms. The molecule has 1 aromatic heterocycles. The molecule has 0 aromatic carbocycles. The van der Waals surface area contributed by atoms with E-state index in [1.54, 1.807) is 18.1 Å². The summed E-state index contributed by atoms with van der Waals surface area (Å²) in [5, 5.41) is 3.34. The summed E-state index contributed by atoms with van der Waals surface area (Å²) in [6.07, 6.45) is 3.91. The largest absolute Gasteiger partial charge is 0.305 e. The van der Waals surface area contributed by atoms with Crippen molar-refractivity contribution in [2.45, 2.75) is 32.7 Å². The van der Waals surface area contributed by atoms with Gasteiger partial charge in [-0.3, -0.25) is 9.69 Å². The number of aromatic nitrogens is 1. The molecule has 1 atom stereocenters. The number of rotatable bonds is 2. The molecule has 4 heteroatoms. The van der Waals surface area contributed by atoms with Crippen LogP contribution in [0.5, 0.6) is 0 Å². The number of pyridine rings is 1. The summed E-state index contributed by atoms with van der Waals surface area (Å²) in [4.78, 5) is 18.4. The molecular weight excluding hydrogens is 226 g/mol. The van der Waals surface area contributed by atoms with Crippen LogP contribution in [0.15, 0.2) is 24.4 Å². The predicted molar refractivity (Wildman–Crippen MR) is 72.5 cm³/mol. The lowest BCUT2D eigenvalue weighted by Crippen LogP contribution is -2.56. The first-order valence-corrected chi connectivity index (χ1v) is 6.44. The second-order valence-electron chi connectivity index (χ2n) is 5.56. The molecule has 1 fully saturated rings. The molecule has 1 N–H and O–H groups in total. The van der Waals surface area contributed by atoms with E-state index in [0.717, 1.165) is 19.4 Å². The van der Waals surface area contributed by atoms with Crippen molar-refractivity contribution in [1.29, 1.82) is 0 Å². The molecule has 0 saturated carbocycles. The average Bonchev–Trinajstić information content (AvgIpc) is 2.37. The Hall–Kier alpha value is -1.42. The van der Waals surface area contributed by atoms with E-state index in [1.165, 1.54) is 0 Å². The van der Waals surface area contributed by atoms with Crippen molar-refractivity contribution in [2.24, 2.45) is 5.41 Å². The maximum atomic E-state index is 12.5. The van der Waals surface area contributed by atoms with Crippen molar-refractivity contribution in [2.75, 3.05) is 18.5 Å². The van der Waals surface area contributed by atoms with Gasteiger partial charge in [-0.1, -0.05) is 19.9 Å². The molecule has 0 spiro atoms. The Morgan fingerprint density at radius 3 is 2.89 bits per heavy atom. The van der Waals surface area contributed by atoms with Crippen LogP contribution < -0.4 is 10.2 Å². The van der Waals surface area contributed by atoms with Crippen LogP contribution in [0, 0.1) is 5.41 Å². The summed E-state index contributed by atoms with van der Waals surface area (Å²) in [6, 6.07) is 5.47. The summed E-state index contributed by atoms with van der Waals surface area (Å²) < 4.78 is 0. The highest BCUT2D eigenvalue weighted by atomic mass is 16.2. The van der Waals surface area contributed by atoms with E-state index in [2.05, 4.69) is 24.1 Å². The fourth-order valence-electron chi connectivity index (χ4n) is 2.49. The van der Waals surface area contributed by atoms with Crippen LogP contribution in [0.4, 0.5) is 5.82 Å². The minimum atomic E-state index is -0.127. The maximum Gasteiger partial charge on any atom is 0.245 e. The van der Waals surface area contributed by atoms with Crippen molar-refractivity contribution < 1.29 is 4.79 Å². The summed E-state index contributed by atoms with van der Waals surface area (Å²) in [6.45, 7) is 5.21. The Balaban J connectivity index is 2.16. The van der Waals surface area contributed by atoms with E-state index >= 15 is 0 Å². The summed E-state index contributed by atoms with van der Waals surface area (Å²) >= 11 is 0. The number of amides is 1. The minimum Gasteiger partial charge on any atom is -0.305 e. The van der Waals surface area contributed by atoms with E-state index in [-0.39, 0.29) is 17.4 Å². The van der Waals surface area contributed by atoms with E-state index < -0.39 is 0 Å². The average molecular weight is 247 g/mol. The molecule has 1 aromatic rings. The van der Waals surface area contributed by atoms with E-state index in [9.17, 15) is 4.79 Å². The Bertz CT molecular complexity index is 416. The predicted octanol–water partition coefficient (Wildman–Crippen LogP) is 1.82. The Labute approximate surface area is 108 Å². The molecule has 0 radical (unpaired) electrons. The molecule has 0 aliphatic carbocycles. The highest BCUT2D eigenvalue weighted by Gasteiger charge is 2.38. The zero-order chi connectivity index (χ0) is 13.2. The van der Waals surface area contributed by atoms with Crippen molar-refractivity contribution in [3.8, 4) is 0 Å². The van der Waals surface area contributed by atoms with Gasteiger partial charge >= 0.3 is 0 Å². The lowest BCUT2D eigenvalue weighted by molar-refractivity contribution is -0.123. The van der Waals surface area contributed by atoms with Gasteiger partial charge in [-0.25, -0.2) is 4.98 Å². The van der Waals surface area contributed by atoms with Crippen molar-refractivity contribution in [1.82, 2.24) is 10.3 Å². The number of nitrogens with zero attached hydrogens (tertiary/aromatic N) is 2. The molecule has 18 heavy (non-hydrogen) atoms. The highest BCUT2D eigenvalue weighted by molar-refractivity contribution is 5.96. The van der Waals surface area contributed by atoms with Crippen LogP contribution in [-0.2, 0) is 4.79 Å². The van der Waals surface area contributed by atoms with Gasteiger partial charge in [-0.2, -0.15) is 0 Å². The van der Waals surface area contributed by atoms with Crippen molar-refractivity contribution >= 4 is 11.7 Å². The van der Waals surface area contributed by atoms with Gasteiger partial charge in [0.15, 0.2) is 0 Å². The van der Waals surface area contributed by atoms with E-state index in [1.807, 2.05) is 18.2 Å². The third-order valence-electron chi connectivity index (χ3n) is 3.70. The number of piperidine rings is 1. The SMILES string of the molecule is CN(C(=O)C1NCCCC1(C)C)c1ccccn1. The molecule has 1 saturated heterocycles. The molecule has 98 valence electrons. The summed E-state index contributed by atoms with van der Waals surface area (Å²) in [5.74, 6) is 0.795. The normalized spacial score (nSPS) is 22.5. The second kappa shape index (κ2) is 5.06. The quantitative estimate of drug-likeness (QED) is 0.867. The van der Waals surface area contributed by atoms with Gasteiger partial charge in [0, 0.05) is 13.2 Å². The topological polar surface area (TPSA) is 45.2 Å². The Kier molecular flexibility index (Phi) is 3.66. The first-order valence-electron chi connectivity index (χ1n) is 6.44. The molecule has 1 amide bonds. The number of carbonyl (C=O) groups excluding carboxylic acids is 1. The molecule has 1 unspecified atom stereocenters. The molecule has 1 aliphatic rings. The first kappa shape index (κ1) is 13.0. The van der Waals surface area contributed by atoms with Gasteiger partial charge in [-0.15, -0.1) is 0 Å². The van der Waals surface area contributed by atoms with Gasteiger partial charge in [-0.05, 0) is 36.9 Å². The first-order chi connectivity index (χ1) is 8.52.